The number of amides is 1. The van der Waals surface area contributed by atoms with Crippen molar-refractivity contribution in [1.82, 2.24) is 9.88 Å². The summed E-state index contributed by atoms with van der Waals surface area (Å²) >= 11 is 0. The fourth-order valence-corrected chi connectivity index (χ4v) is 3.55. The second-order valence-electron chi connectivity index (χ2n) is 7.39. The first kappa shape index (κ1) is 18.2. The Morgan fingerprint density at radius 1 is 1.15 bits per heavy atom. The standard InChI is InChI=1S/C21H27N3O2/c1-14(2)18-10-9-17(20(25)22-18)21(26)24-12-11-23(13-16(24)4)19-8-6-5-7-15(19)3/h5-10,14,16H,11-13H2,1-4H3,(H,22,25)/t16-/m1/s1. The Bertz CT molecular complexity index is 856. The lowest BCUT2D eigenvalue weighted by Crippen LogP contribution is -2.54. The number of H-pyrrole nitrogens is 1. The fourth-order valence-electron chi connectivity index (χ4n) is 3.55. The molecule has 0 spiro atoms. The maximum atomic E-state index is 12.9. The van der Waals surface area contributed by atoms with Crippen molar-refractivity contribution in [2.75, 3.05) is 24.5 Å². The van der Waals surface area contributed by atoms with Crippen molar-refractivity contribution in [3.8, 4) is 0 Å². The first-order valence-electron chi connectivity index (χ1n) is 9.23. The average Bonchev–Trinajstić information content (AvgIpc) is 2.61. The van der Waals surface area contributed by atoms with E-state index in [2.05, 4.69) is 28.9 Å². The van der Waals surface area contributed by atoms with Gasteiger partial charge in [-0.3, -0.25) is 9.59 Å². The summed E-state index contributed by atoms with van der Waals surface area (Å²) in [4.78, 5) is 32.2. The number of nitrogens with zero attached hydrogens (tertiary/aromatic N) is 2. The van der Waals surface area contributed by atoms with E-state index in [0.717, 1.165) is 18.8 Å². The number of aromatic amines is 1. The maximum absolute atomic E-state index is 12.9. The molecule has 5 heteroatoms. The lowest BCUT2D eigenvalue weighted by Gasteiger charge is -2.41. The summed E-state index contributed by atoms with van der Waals surface area (Å²) in [5, 5.41) is 0. The van der Waals surface area contributed by atoms with Gasteiger partial charge >= 0.3 is 0 Å². The van der Waals surface area contributed by atoms with Crippen LogP contribution in [0.3, 0.4) is 0 Å². The topological polar surface area (TPSA) is 56.4 Å². The third-order valence-electron chi connectivity index (χ3n) is 5.13. The number of nitrogens with one attached hydrogen (secondary N) is 1. The summed E-state index contributed by atoms with van der Waals surface area (Å²) in [6, 6.07) is 11.8. The smallest absolute Gasteiger partial charge is 0.261 e. The van der Waals surface area contributed by atoms with E-state index in [1.165, 1.54) is 11.3 Å². The highest BCUT2D eigenvalue weighted by Gasteiger charge is 2.29. The van der Waals surface area contributed by atoms with Gasteiger partial charge in [-0.15, -0.1) is 0 Å². The van der Waals surface area contributed by atoms with E-state index >= 15 is 0 Å². The van der Waals surface area contributed by atoms with Crippen LogP contribution in [0.1, 0.15) is 48.3 Å². The molecule has 2 aromatic rings. The number of carbonyl (C=O) groups is 1. The van der Waals surface area contributed by atoms with Crippen LogP contribution in [-0.2, 0) is 0 Å². The zero-order valence-electron chi connectivity index (χ0n) is 16.0. The molecular formula is C21H27N3O2. The zero-order valence-corrected chi connectivity index (χ0v) is 16.0. The molecule has 0 bridgehead atoms. The van der Waals surface area contributed by atoms with Gasteiger partial charge in [0.2, 0.25) is 0 Å². The summed E-state index contributed by atoms with van der Waals surface area (Å²) in [6.07, 6.45) is 0. The van der Waals surface area contributed by atoms with Gasteiger partial charge in [-0.2, -0.15) is 0 Å². The molecule has 1 atom stereocenters. The van der Waals surface area contributed by atoms with Crippen LogP contribution in [0.25, 0.3) is 0 Å². The first-order chi connectivity index (χ1) is 12.4. The molecule has 1 aromatic carbocycles. The summed E-state index contributed by atoms with van der Waals surface area (Å²) in [5.74, 6) is 0.0434. The number of anilines is 1. The van der Waals surface area contributed by atoms with E-state index in [-0.39, 0.29) is 29.0 Å². The minimum atomic E-state index is -0.297. The third kappa shape index (κ3) is 3.52. The number of hydrogen-bond acceptors (Lipinski definition) is 3. The van der Waals surface area contributed by atoms with Crippen molar-refractivity contribution in [1.29, 1.82) is 0 Å². The van der Waals surface area contributed by atoms with Gasteiger partial charge < -0.3 is 14.8 Å². The summed E-state index contributed by atoms with van der Waals surface area (Å²) in [7, 11) is 0. The van der Waals surface area contributed by atoms with Crippen LogP contribution in [-0.4, -0.2) is 41.5 Å². The van der Waals surface area contributed by atoms with Gasteiger partial charge in [0.15, 0.2) is 0 Å². The van der Waals surface area contributed by atoms with E-state index in [9.17, 15) is 9.59 Å². The first-order valence-corrected chi connectivity index (χ1v) is 9.23. The second-order valence-corrected chi connectivity index (χ2v) is 7.39. The Morgan fingerprint density at radius 2 is 1.88 bits per heavy atom. The van der Waals surface area contributed by atoms with E-state index in [1.807, 2.05) is 43.9 Å². The molecule has 0 aliphatic carbocycles. The van der Waals surface area contributed by atoms with Crippen LogP contribution < -0.4 is 10.5 Å². The fraction of sp³-hybridized carbons (Fsp3) is 0.429. The SMILES string of the molecule is Cc1ccccc1N1CCN(C(=O)c2ccc(C(C)C)[nH]c2=O)[C@H](C)C1. The van der Waals surface area contributed by atoms with Gasteiger partial charge in [0.25, 0.3) is 11.5 Å². The number of aryl methyl sites for hydroxylation is 1. The highest BCUT2D eigenvalue weighted by molar-refractivity contribution is 5.94. The molecule has 1 aliphatic heterocycles. The van der Waals surface area contributed by atoms with Gasteiger partial charge in [-0.1, -0.05) is 32.0 Å². The quantitative estimate of drug-likeness (QED) is 0.922. The van der Waals surface area contributed by atoms with E-state index in [1.54, 1.807) is 6.07 Å². The number of pyridine rings is 1. The van der Waals surface area contributed by atoms with Crippen molar-refractivity contribution < 1.29 is 4.79 Å². The maximum Gasteiger partial charge on any atom is 0.261 e. The summed E-state index contributed by atoms with van der Waals surface area (Å²) < 4.78 is 0. The number of hydrogen-bond donors (Lipinski definition) is 1. The van der Waals surface area contributed by atoms with E-state index in [0.29, 0.717) is 6.54 Å². The van der Waals surface area contributed by atoms with Crippen molar-refractivity contribution in [2.24, 2.45) is 0 Å². The summed E-state index contributed by atoms with van der Waals surface area (Å²) in [6.45, 7) is 10.3. The second kappa shape index (κ2) is 7.36. The predicted molar refractivity (Wildman–Crippen MR) is 105 cm³/mol. The van der Waals surface area contributed by atoms with Crippen molar-refractivity contribution in [3.05, 3.63) is 63.6 Å². The minimum absolute atomic E-state index is 0.0417. The number of carbonyl (C=O) groups excluding carboxylic acids is 1. The molecule has 1 aromatic heterocycles. The van der Waals surface area contributed by atoms with E-state index in [4.69, 9.17) is 0 Å². The number of aromatic nitrogens is 1. The summed E-state index contributed by atoms with van der Waals surface area (Å²) in [5.41, 5.74) is 3.23. The van der Waals surface area contributed by atoms with Crippen molar-refractivity contribution in [2.45, 2.75) is 39.7 Å². The Hall–Kier alpha value is -2.56. The molecule has 1 amide bonds. The molecule has 1 fully saturated rings. The number of benzene rings is 1. The molecule has 3 rings (SSSR count). The van der Waals surface area contributed by atoms with Crippen molar-refractivity contribution in [3.63, 3.8) is 0 Å². The molecular weight excluding hydrogens is 326 g/mol. The number of piperazine rings is 1. The molecule has 2 heterocycles. The third-order valence-corrected chi connectivity index (χ3v) is 5.13. The van der Waals surface area contributed by atoms with Crippen LogP contribution in [0.4, 0.5) is 5.69 Å². The highest BCUT2D eigenvalue weighted by Crippen LogP contribution is 2.23. The highest BCUT2D eigenvalue weighted by atomic mass is 16.2. The average molecular weight is 353 g/mol. The van der Waals surface area contributed by atoms with Gasteiger partial charge in [0.05, 0.1) is 0 Å². The van der Waals surface area contributed by atoms with Crippen LogP contribution in [0.2, 0.25) is 0 Å². The molecule has 5 nitrogen and oxygen atoms in total. The van der Waals surface area contributed by atoms with Gasteiger partial charge in [-0.25, -0.2) is 0 Å². The predicted octanol–water partition coefficient (Wildman–Crippen LogP) is 3.16. The molecule has 0 unspecified atom stereocenters. The lowest BCUT2D eigenvalue weighted by atomic mass is 10.1. The largest absolute Gasteiger partial charge is 0.367 e. The van der Waals surface area contributed by atoms with Crippen LogP contribution in [0, 0.1) is 6.92 Å². The Morgan fingerprint density at radius 3 is 2.50 bits per heavy atom. The monoisotopic (exact) mass is 353 g/mol. The van der Waals surface area contributed by atoms with Crippen LogP contribution >= 0.6 is 0 Å². The Balaban J connectivity index is 1.76. The van der Waals surface area contributed by atoms with E-state index < -0.39 is 0 Å². The van der Waals surface area contributed by atoms with Gasteiger partial charge in [0, 0.05) is 37.1 Å². The number of rotatable bonds is 3. The van der Waals surface area contributed by atoms with Crippen LogP contribution in [0.5, 0.6) is 0 Å². The Kier molecular flexibility index (Phi) is 5.16. The molecule has 138 valence electrons. The van der Waals surface area contributed by atoms with Gasteiger partial charge in [-0.05, 0) is 43.5 Å². The normalized spacial score (nSPS) is 17.7. The lowest BCUT2D eigenvalue weighted by molar-refractivity contribution is 0.0672. The Labute approximate surface area is 154 Å². The van der Waals surface area contributed by atoms with Crippen LogP contribution in [0.15, 0.2) is 41.2 Å². The molecule has 0 radical (unpaired) electrons. The van der Waals surface area contributed by atoms with Crippen molar-refractivity contribution >= 4 is 11.6 Å². The molecule has 1 aliphatic rings. The van der Waals surface area contributed by atoms with Gasteiger partial charge in [0.1, 0.15) is 5.56 Å². The molecule has 1 N–H and O–H groups in total. The molecule has 26 heavy (non-hydrogen) atoms. The molecule has 1 saturated heterocycles. The molecule has 0 saturated carbocycles. The number of para-hydroxylation sites is 1. The minimum Gasteiger partial charge on any atom is -0.367 e. The zero-order chi connectivity index (χ0) is 18.8.